The second-order valence-electron chi connectivity index (χ2n) is 5.95. The quantitative estimate of drug-likeness (QED) is 0.648. The number of carbonyl (C=O) groups is 1. The summed E-state index contributed by atoms with van der Waals surface area (Å²) in [6, 6.07) is 8.24. The molecule has 0 radical (unpaired) electrons. The van der Waals surface area contributed by atoms with Crippen LogP contribution in [-0.4, -0.2) is 47.1 Å². The molecule has 6 heteroatoms. The molecule has 1 saturated heterocycles. The average molecular weight is 403 g/mol. The van der Waals surface area contributed by atoms with Crippen molar-refractivity contribution in [2.75, 3.05) is 26.2 Å². The summed E-state index contributed by atoms with van der Waals surface area (Å²) in [7, 11) is 0. The fourth-order valence-corrected chi connectivity index (χ4v) is 3.48. The molecule has 0 bridgehead atoms. The first-order chi connectivity index (χ1) is 10.8. The molecule has 130 valence electrons. The maximum Gasteiger partial charge on any atom is 0.410 e. The van der Waals surface area contributed by atoms with E-state index in [1.807, 2.05) is 46.8 Å². The number of nitrogens with zero attached hydrogens (tertiary/aromatic N) is 2. The molecule has 4 nitrogen and oxygen atoms in total. The molecule has 2 rings (SSSR count). The molecule has 0 spiro atoms. The molecule has 1 fully saturated rings. The van der Waals surface area contributed by atoms with Gasteiger partial charge in [-0.15, -0.1) is 0 Å². The number of rotatable bonds is 2. The van der Waals surface area contributed by atoms with Crippen LogP contribution in [0.3, 0.4) is 0 Å². The Bertz CT molecular complexity index is 498. The van der Waals surface area contributed by atoms with Crippen LogP contribution in [0, 0.1) is 0 Å². The zero-order valence-electron chi connectivity index (χ0n) is 14.6. The van der Waals surface area contributed by atoms with Crippen molar-refractivity contribution < 1.29 is 9.53 Å². The van der Waals surface area contributed by atoms with Gasteiger partial charge in [0.25, 0.3) is 0 Å². The molecule has 0 N–H and O–H groups in total. The first-order valence-electron chi connectivity index (χ1n) is 8.00. The van der Waals surface area contributed by atoms with Crippen LogP contribution in [0.4, 0.5) is 4.79 Å². The van der Waals surface area contributed by atoms with Crippen molar-refractivity contribution in [3.63, 3.8) is 0 Å². The number of piperazine rings is 1. The molecule has 0 saturated carbocycles. The lowest BCUT2D eigenvalue weighted by Gasteiger charge is -2.34. The Morgan fingerprint density at radius 3 is 2.30 bits per heavy atom. The molecular formula is C17H27BrN2O2S. The van der Waals surface area contributed by atoms with Crippen LogP contribution in [-0.2, 0) is 4.74 Å². The largest absolute Gasteiger partial charge is 0.444 e. The second-order valence-corrected chi connectivity index (χ2v) is 8.03. The van der Waals surface area contributed by atoms with E-state index in [-0.39, 0.29) is 6.09 Å². The van der Waals surface area contributed by atoms with E-state index in [1.165, 1.54) is 4.90 Å². The van der Waals surface area contributed by atoms with Gasteiger partial charge in [-0.1, -0.05) is 35.8 Å². The number of hydrogen-bond donors (Lipinski definition) is 0. The van der Waals surface area contributed by atoms with Gasteiger partial charge in [0.2, 0.25) is 0 Å². The Morgan fingerprint density at radius 2 is 1.78 bits per heavy atom. The van der Waals surface area contributed by atoms with Crippen LogP contribution in [0.15, 0.2) is 33.6 Å². The van der Waals surface area contributed by atoms with Gasteiger partial charge in [-0.05, 0) is 50.9 Å². The molecule has 0 aromatic heterocycles. The summed E-state index contributed by atoms with van der Waals surface area (Å²) in [4.78, 5) is 15.0. The van der Waals surface area contributed by atoms with Crippen molar-refractivity contribution >= 4 is 34.0 Å². The number of hydrogen-bond acceptors (Lipinski definition) is 4. The fourth-order valence-electron chi connectivity index (χ4n) is 1.96. The molecule has 1 aromatic rings. The van der Waals surface area contributed by atoms with E-state index in [2.05, 4.69) is 32.4 Å². The highest BCUT2D eigenvalue weighted by Crippen LogP contribution is 2.26. The number of ether oxygens (including phenoxy) is 1. The number of amides is 1. The minimum atomic E-state index is -0.431. The second kappa shape index (κ2) is 9.55. The summed E-state index contributed by atoms with van der Waals surface area (Å²) in [5.41, 5.74) is -0.431. The molecule has 1 aliphatic heterocycles. The van der Waals surface area contributed by atoms with Crippen LogP contribution in [0.1, 0.15) is 34.6 Å². The molecule has 1 aromatic carbocycles. The van der Waals surface area contributed by atoms with Gasteiger partial charge in [-0.25, -0.2) is 9.10 Å². The van der Waals surface area contributed by atoms with Crippen molar-refractivity contribution in [3.8, 4) is 0 Å². The normalized spacial score (nSPS) is 15.7. The van der Waals surface area contributed by atoms with Crippen molar-refractivity contribution in [1.29, 1.82) is 0 Å². The van der Waals surface area contributed by atoms with Gasteiger partial charge < -0.3 is 9.64 Å². The highest BCUT2D eigenvalue weighted by atomic mass is 79.9. The number of benzene rings is 1. The van der Waals surface area contributed by atoms with Gasteiger partial charge in [0.15, 0.2) is 0 Å². The lowest BCUT2D eigenvalue weighted by Crippen LogP contribution is -2.47. The zero-order chi connectivity index (χ0) is 17.5. The highest BCUT2D eigenvalue weighted by Gasteiger charge is 2.26. The van der Waals surface area contributed by atoms with Crippen molar-refractivity contribution in [3.05, 3.63) is 28.7 Å². The van der Waals surface area contributed by atoms with E-state index < -0.39 is 5.60 Å². The molecule has 23 heavy (non-hydrogen) atoms. The topological polar surface area (TPSA) is 32.8 Å². The van der Waals surface area contributed by atoms with Crippen LogP contribution < -0.4 is 0 Å². The average Bonchev–Trinajstić information content (AvgIpc) is 2.48. The fraction of sp³-hybridized carbons (Fsp3) is 0.588. The SMILES string of the molecule is CC.CC(C)(C)OC(=O)N1CCN(Sc2cccc(Br)c2)CC1. The number of halogens is 1. The Balaban J connectivity index is 0.00000127. The maximum atomic E-state index is 12.0. The Hall–Kier alpha value is -0.720. The predicted molar refractivity (Wildman–Crippen MR) is 101 cm³/mol. The zero-order valence-corrected chi connectivity index (χ0v) is 17.0. The van der Waals surface area contributed by atoms with Gasteiger partial charge >= 0.3 is 6.09 Å². The van der Waals surface area contributed by atoms with Crippen LogP contribution in [0.5, 0.6) is 0 Å². The summed E-state index contributed by atoms with van der Waals surface area (Å²) in [6.45, 7) is 12.8. The van der Waals surface area contributed by atoms with Crippen LogP contribution in [0.25, 0.3) is 0 Å². The molecule has 1 amide bonds. The van der Waals surface area contributed by atoms with E-state index in [1.54, 1.807) is 16.8 Å². The Kier molecular flexibility index (Phi) is 8.44. The number of carbonyl (C=O) groups excluding carboxylic acids is 1. The summed E-state index contributed by atoms with van der Waals surface area (Å²) >= 11 is 5.21. The van der Waals surface area contributed by atoms with Gasteiger partial charge in [0.1, 0.15) is 5.60 Å². The monoisotopic (exact) mass is 402 g/mol. The van der Waals surface area contributed by atoms with Crippen molar-refractivity contribution in [2.45, 2.75) is 45.1 Å². The predicted octanol–water partition coefficient (Wildman–Crippen LogP) is 5.04. The first-order valence-corrected chi connectivity index (χ1v) is 9.56. The van der Waals surface area contributed by atoms with E-state index in [4.69, 9.17) is 4.74 Å². The highest BCUT2D eigenvalue weighted by molar-refractivity contribution is 9.10. The van der Waals surface area contributed by atoms with E-state index in [0.29, 0.717) is 13.1 Å². The molecule has 0 unspecified atom stereocenters. The van der Waals surface area contributed by atoms with Crippen LogP contribution in [0.2, 0.25) is 0 Å². The Morgan fingerprint density at radius 1 is 1.17 bits per heavy atom. The molecule has 1 aliphatic rings. The first kappa shape index (κ1) is 20.3. The summed E-state index contributed by atoms with van der Waals surface area (Å²) in [6.07, 6.45) is -0.213. The molecule has 1 heterocycles. The molecular weight excluding hydrogens is 376 g/mol. The summed E-state index contributed by atoms with van der Waals surface area (Å²) in [5.74, 6) is 0. The minimum Gasteiger partial charge on any atom is -0.444 e. The third kappa shape index (κ3) is 7.59. The van der Waals surface area contributed by atoms with E-state index in [9.17, 15) is 4.79 Å². The van der Waals surface area contributed by atoms with Gasteiger partial charge in [0.05, 0.1) is 0 Å². The van der Waals surface area contributed by atoms with Gasteiger partial charge in [-0.3, -0.25) is 0 Å². The molecule has 0 atom stereocenters. The van der Waals surface area contributed by atoms with E-state index >= 15 is 0 Å². The summed E-state index contributed by atoms with van der Waals surface area (Å²) in [5, 5.41) is 0. The van der Waals surface area contributed by atoms with Gasteiger partial charge in [0, 0.05) is 35.5 Å². The Labute approximate surface area is 152 Å². The standard InChI is InChI=1S/C15H21BrN2O2S.C2H6/c1-15(2,3)20-14(19)17-7-9-18(10-8-17)21-13-6-4-5-12(16)11-13;1-2/h4-6,11H,7-10H2,1-3H3;1-2H3. The smallest absolute Gasteiger partial charge is 0.410 e. The van der Waals surface area contributed by atoms with Crippen LogP contribution >= 0.6 is 27.9 Å². The summed E-state index contributed by atoms with van der Waals surface area (Å²) < 4.78 is 8.77. The van der Waals surface area contributed by atoms with E-state index in [0.717, 1.165) is 17.6 Å². The minimum absolute atomic E-state index is 0.213. The van der Waals surface area contributed by atoms with Crippen molar-refractivity contribution in [1.82, 2.24) is 9.21 Å². The molecule has 0 aliphatic carbocycles. The lowest BCUT2D eigenvalue weighted by atomic mass is 10.2. The maximum absolute atomic E-state index is 12.0. The lowest BCUT2D eigenvalue weighted by molar-refractivity contribution is 0.0197. The third-order valence-corrected chi connectivity index (χ3v) is 4.50. The third-order valence-electron chi connectivity index (χ3n) is 2.92. The van der Waals surface area contributed by atoms with Gasteiger partial charge in [-0.2, -0.15) is 0 Å². The van der Waals surface area contributed by atoms with Crippen molar-refractivity contribution in [2.24, 2.45) is 0 Å².